The maximum absolute atomic E-state index is 4.92. The molecule has 0 spiro atoms. The molecule has 186 valence electrons. The Labute approximate surface area is 217 Å². The van der Waals surface area contributed by atoms with Gasteiger partial charge in [0.05, 0.1) is 5.69 Å². The standard InChI is InChI=1S/C34H40N2/c1-25-17-19-27(20-18-25)31-22-21-30(26-11-5-2-6-12-26)32(28-13-7-3-8-14-28)33(31)36-24-23-35-34(36)29-15-9-4-10-16-29/h4-5,9-12,15-16,21-25,27-28H,2-3,6-8,13-14,17-20H2,1H3. The largest absolute Gasteiger partial charge is 0.299 e. The van der Waals surface area contributed by atoms with Crippen LogP contribution in [-0.4, -0.2) is 9.55 Å². The van der Waals surface area contributed by atoms with Gasteiger partial charge in [-0.3, -0.25) is 4.57 Å². The number of allylic oxidation sites excluding steroid dienone is 4. The Morgan fingerprint density at radius 1 is 0.806 bits per heavy atom. The van der Waals surface area contributed by atoms with Crippen LogP contribution < -0.4 is 0 Å². The van der Waals surface area contributed by atoms with Crippen LogP contribution in [0.3, 0.4) is 0 Å². The molecule has 0 radical (unpaired) electrons. The molecule has 0 aliphatic heterocycles. The van der Waals surface area contributed by atoms with Crippen molar-refractivity contribution < 1.29 is 0 Å². The van der Waals surface area contributed by atoms with Gasteiger partial charge in [0.1, 0.15) is 5.82 Å². The molecule has 0 N–H and O–H groups in total. The Balaban J connectivity index is 1.59. The number of hydrogen-bond donors (Lipinski definition) is 0. The molecule has 3 aromatic rings. The summed E-state index contributed by atoms with van der Waals surface area (Å²) in [4.78, 5) is 4.92. The van der Waals surface area contributed by atoms with Crippen molar-refractivity contribution >= 4 is 5.57 Å². The molecule has 2 nitrogen and oxygen atoms in total. The average Bonchev–Trinajstić information content (AvgIpc) is 3.44. The van der Waals surface area contributed by atoms with Crippen LogP contribution in [0.2, 0.25) is 0 Å². The summed E-state index contributed by atoms with van der Waals surface area (Å²) in [5.74, 6) is 3.18. The Morgan fingerprint density at radius 3 is 2.36 bits per heavy atom. The summed E-state index contributed by atoms with van der Waals surface area (Å²) in [6, 6.07) is 15.8. The summed E-state index contributed by atoms with van der Waals surface area (Å²) in [5, 5.41) is 0. The lowest BCUT2D eigenvalue weighted by Gasteiger charge is -2.33. The predicted octanol–water partition coefficient (Wildman–Crippen LogP) is 9.61. The van der Waals surface area contributed by atoms with Crippen LogP contribution in [-0.2, 0) is 0 Å². The van der Waals surface area contributed by atoms with Crippen molar-refractivity contribution in [2.45, 2.75) is 89.4 Å². The van der Waals surface area contributed by atoms with Gasteiger partial charge in [-0.2, -0.15) is 0 Å². The fraction of sp³-hybridized carbons (Fsp3) is 0.441. The molecule has 3 aliphatic rings. The monoisotopic (exact) mass is 476 g/mol. The lowest BCUT2D eigenvalue weighted by molar-refractivity contribution is 0.347. The zero-order valence-corrected chi connectivity index (χ0v) is 21.8. The second-order valence-corrected chi connectivity index (χ2v) is 11.4. The second kappa shape index (κ2) is 10.6. The van der Waals surface area contributed by atoms with Crippen LogP contribution in [0.5, 0.6) is 0 Å². The SMILES string of the molecule is CC1CCC(c2ccc(C3=CCCC=C3)c(C3CCCCC3)c2-n2ccnc2-c2ccccc2)CC1. The van der Waals surface area contributed by atoms with Gasteiger partial charge in [0.15, 0.2) is 0 Å². The highest BCUT2D eigenvalue weighted by atomic mass is 15.1. The molecule has 0 amide bonds. The van der Waals surface area contributed by atoms with Gasteiger partial charge in [-0.25, -0.2) is 4.98 Å². The molecule has 0 saturated heterocycles. The van der Waals surface area contributed by atoms with Gasteiger partial charge in [-0.15, -0.1) is 0 Å². The van der Waals surface area contributed by atoms with Crippen LogP contribution in [0, 0.1) is 5.92 Å². The summed E-state index contributed by atoms with van der Waals surface area (Å²) in [5.41, 5.74) is 8.69. The van der Waals surface area contributed by atoms with Crippen LogP contribution in [0.25, 0.3) is 22.6 Å². The molecule has 2 heteroatoms. The Bertz CT molecular complexity index is 1230. The highest BCUT2D eigenvalue weighted by Crippen LogP contribution is 2.47. The predicted molar refractivity (Wildman–Crippen MR) is 152 cm³/mol. The third-order valence-electron chi connectivity index (χ3n) is 8.94. The first-order valence-corrected chi connectivity index (χ1v) is 14.4. The van der Waals surface area contributed by atoms with E-state index in [9.17, 15) is 0 Å². The van der Waals surface area contributed by atoms with E-state index in [1.807, 2.05) is 6.20 Å². The Hall–Kier alpha value is -2.87. The minimum atomic E-state index is 0.619. The third kappa shape index (κ3) is 4.63. The highest BCUT2D eigenvalue weighted by Gasteiger charge is 2.30. The molecule has 2 saturated carbocycles. The van der Waals surface area contributed by atoms with Crippen molar-refractivity contribution in [1.82, 2.24) is 9.55 Å². The van der Waals surface area contributed by atoms with Gasteiger partial charge in [0, 0.05) is 18.0 Å². The third-order valence-corrected chi connectivity index (χ3v) is 8.94. The van der Waals surface area contributed by atoms with E-state index < -0.39 is 0 Å². The van der Waals surface area contributed by atoms with Crippen molar-refractivity contribution in [3.8, 4) is 17.1 Å². The molecule has 2 aromatic carbocycles. The minimum Gasteiger partial charge on any atom is -0.299 e. The zero-order chi connectivity index (χ0) is 24.3. The average molecular weight is 477 g/mol. The molecule has 1 heterocycles. The van der Waals surface area contributed by atoms with E-state index in [0.717, 1.165) is 24.6 Å². The van der Waals surface area contributed by atoms with E-state index in [0.29, 0.717) is 11.8 Å². The van der Waals surface area contributed by atoms with Gasteiger partial charge < -0.3 is 0 Å². The van der Waals surface area contributed by atoms with Crippen LogP contribution in [0.15, 0.2) is 73.1 Å². The molecule has 36 heavy (non-hydrogen) atoms. The topological polar surface area (TPSA) is 17.8 Å². The lowest BCUT2D eigenvalue weighted by atomic mass is 9.74. The van der Waals surface area contributed by atoms with Crippen LogP contribution >= 0.6 is 0 Å². The first kappa shape index (κ1) is 23.5. The van der Waals surface area contributed by atoms with Crippen LogP contribution in [0.4, 0.5) is 0 Å². The summed E-state index contributed by atoms with van der Waals surface area (Å²) in [6.45, 7) is 2.43. The molecule has 2 fully saturated rings. The highest BCUT2D eigenvalue weighted by molar-refractivity contribution is 5.80. The van der Waals surface area contributed by atoms with Crippen molar-refractivity contribution in [1.29, 1.82) is 0 Å². The number of benzene rings is 2. The van der Waals surface area contributed by atoms with E-state index in [1.165, 1.54) is 80.2 Å². The Morgan fingerprint density at radius 2 is 1.61 bits per heavy atom. The zero-order valence-electron chi connectivity index (χ0n) is 21.8. The number of hydrogen-bond acceptors (Lipinski definition) is 1. The van der Waals surface area contributed by atoms with E-state index in [4.69, 9.17) is 4.98 Å². The van der Waals surface area contributed by atoms with Gasteiger partial charge in [0.25, 0.3) is 0 Å². The van der Waals surface area contributed by atoms with Gasteiger partial charge >= 0.3 is 0 Å². The van der Waals surface area contributed by atoms with Crippen molar-refractivity contribution in [3.63, 3.8) is 0 Å². The van der Waals surface area contributed by atoms with Crippen molar-refractivity contribution in [2.75, 3.05) is 0 Å². The normalized spacial score (nSPS) is 23.0. The van der Waals surface area contributed by atoms with Crippen LogP contribution in [0.1, 0.15) is 106 Å². The lowest BCUT2D eigenvalue weighted by Crippen LogP contribution is -2.18. The number of nitrogens with zero attached hydrogens (tertiary/aromatic N) is 2. The quantitative estimate of drug-likeness (QED) is 0.358. The summed E-state index contributed by atoms with van der Waals surface area (Å²) >= 11 is 0. The molecule has 0 unspecified atom stereocenters. The molecule has 1 aromatic heterocycles. The van der Waals surface area contributed by atoms with Crippen molar-refractivity contribution in [3.05, 3.63) is 89.8 Å². The number of rotatable bonds is 5. The molecule has 6 rings (SSSR count). The van der Waals surface area contributed by atoms with E-state index in [1.54, 1.807) is 11.1 Å². The number of imidazole rings is 1. The van der Waals surface area contributed by atoms with Crippen molar-refractivity contribution in [2.24, 2.45) is 5.92 Å². The first-order chi connectivity index (χ1) is 17.8. The fourth-order valence-electron chi connectivity index (χ4n) is 6.95. The van der Waals surface area contributed by atoms with Gasteiger partial charge in [0.2, 0.25) is 0 Å². The van der Waals surface area contributed by atoms with Gasteiger partial charge in [-0.1, -0.05) is 99.7 Å². The second-order valence-electron chi connectivity index (χ2n) is 11.4. The maximum atomic E-state index is 4.92. The maximum Gasteiger partial charge on any atom is 0.144 e. The van der Waals surface area contributed by atoms with E-state index >= 15 is 0 Å². The molecule has 3 aliphatic carbocycles. The first-order valence-electron chi connectivity index (χ1n) is 14.4. The Kier molecular flexibility index (Phi) is 6.94. The molecular formula is C34H40N2. The molecular weight excluding hydrogens is 436 g/mol. The smallest absolute Gasteiger partial charge is 0.144 e. The molecule has 0 bridgehead atoms. The summed E-state index contributed by atoms with van der Waals surface area (Å²) in [7, 11) is 0. The van der Waals surface area contributed by atoms with E-state index in [2.05, 4.69) is 78.4 Å². The number of aromatic nitrogens is 2. The fourth-order valence-corrected chi connectivity index (χ4v) is 6.95. The summed E-state index contributed by atoms with van der Waals surface area (Å²) in [6.07, 6.45) is 25.7. The summed E-state index contributed by atoms with van der Waals surface area (Å²) < 4.78 is 2.46. The molecule has 0 atom stereocenters. The van der Waals surface area contributed by atoms with E-state index in [-0.39, 0.29) is 0 Å². The van der Waals surface area contributed by atoms with Gasteiger partial charge in [-0.05, 0) is 78.5 Å². The minimum absolute atomic E-state index is 0.619.